The zero-order chi connectivity index (χ0) is 18.9. The number of urea groups is 1. The highest BCUT2D eigenvalue weighted by molar-refractivity contribution is 5.88. The molecule has 2 amide bonds. The highest BCUT2D eigenvalue weighted by Crippen LogP contribution is 2.41. The number of aryl methyl sites for hydroxylation is 1. The summed E-state index contributed by atoms with van der Waals surface area (Å²) in [6.07, 6.45) is 5.81. The van der Waals surface area contributed by atoms with Gasteiger partial charge in [-0.2, -0.15) is 0 Å². The summed E-state index contributed by atoms with van der Waals surface area (Å²) < 4.78 is 16.4. The van der Waals surface area contributed by atoms with Crippen molar-refractivity contribution < 1.29 is 18.6 Å². The summed E-state index contributed by atoms with van der Waals surface area (Å²) in [5.41, 5.74) is 0.167. The number of amides is 2. The van der Waals surface area contributed by atoms with Crippen LogP contribution in [0, 0.1) is 6.92 Å². The lowest BCUT2D eigenvalue weighted by Crippen LogP contribution is -2.50. The molecular formula is C19H26N4O4. The number of hydrogen-bond donors (Lipinski definition) is 2. The number of ether oxygens (including phenoxy) is 1. The largest absolute Gasteiger partial charge is 0.381 e. The second-order valence-corrected chi connectivity index (χ2v) is 7.95. The number of carbonyl (C=O) groups is 1. The molecule has 2 aromatic rings. The van der Waals surface area contributed by atoms with Crippen LogP contribution >= 0.6 is 0 Å². The number of carbonyl (C=O) groups excluding carboxylic acids is 1. The van der Waals surface area contributed by atoms with E-state index in [1.807, 2.05) is 19.1 Å². The van der Waals surface area contributed by atoms with E-state index in [9.17, 15) is 4.79 Å². The van der Waals surface area contributed by atoms with Crippen LogP contribution in [-0.2, 0) is 15.7 Å². The summed E-state index contributed by atoms with van der Waals surface area (Å²) in [4.78, 5) is 12.7. The third-order valence-electron chi connectivity index (χ3n) is 5.85. The Labute approximate surface area is 158 Å². The molecule has 8 heteroatoms. The minimum Gasteiger partial charge on any atom is -0.381 e. The van der Waals surface area contributed by atoms with Crippen LogP contribution < -0.4 is 10.6 Å². The molecule has 0 aromatic carbocycles. The third kappa shape index (κ3) is 3.58. The zero-order valence-electron chi connectivity index (χ0n) is 15.8. The zero-order valence-corrected chi connectivity index (χ0v) is 15.8. The summed E-state index contributed by atoms with van der Waals surface area (Å²) in [5, 5.41) is 13.8. The van der Waals surface area contributed by atoms with Crippen LogP contribution in [0.15, 0.2) is 21.2 Å². The molecule has 3 heterocycles. The Kier molecular flexibility index (Phi) is 4.67. The maximum atomic E-state index is 12.7. The molecule has 0 radical (unpaired) electrons. The van der Waals surface area contributed by atoms with Gasteiger partial charge in [-0.25, -0.2) is 4.79 Å². The molecule has 2 N–H and O–H groups in total. The van der Waals surface area contributed by atoms with Crippen molar-refractivity contribution in [2.75, 3.05) is 18.5 Å². The Morgan fingerprint density at radius 2 is 1.74 bits per heavy atom. The molecule has 0 spiro atoms. The van der Waals surface area contributed by atoms with Gasteiger partial charge in [-0.3, -0.25) is 5.32 Å². The maximum absolute atomic E-state index is 12.7. The van der Waals surface area contributed by atoms with Gasteiger partial charge < -0.3 is 19.1 Å². The third-order valence-corrected chi connectivity index (χ3v) is 5.85. The van der Waals surface area contributed by atoms with E-state index in [4.69, 9.17) is 13.8 Å². The fourth-order valence-electron chi connectivity index (χ4n) is 4.13. The first-order chi connectivity index (χ1) is 13.0. The van der Waals surface area contributed by atoms with Gasteiger partial charge in [0.15, 0.2) is 11.6 Å². The van der Waals surface area contributed by atoms with E-state index in [1.165, 1.54) is 12.8 Å². The second-order valence-electron chi connectivity index (χ2n) is 7.95. The highest BCUT2D eigenvalue weighted by Gasteiger charge is 2.40. The first-order valence-corrected chi connectivity index (χ1v) is 9.57. The van der Waals surface area contributed by atoms with Crippen molar-refractivity contribution in [1.82, 2.24) is 15.6 Å². The molecular weight excluding hydrogens is 348 g/mol. The Balaban J connectivity index is 1.47. The van der Waals surface area contributed by atoms with Gasteiger partial charge in [0.1, 0.15) is 11.3 Å². The highest BCUT2D eigenvalue weighted by atomic mass is 16.5. The molecule has 4 rings (SSSR count). The van der Waals surface area contributed by atoms with E-state index >= 15 is 0 Å². The number of anilines is 1. The fraction of sp³-hybridized carbons (Fsp3) is 0.632. The molecule has 0 atom stereocenters. The minimum atomic E-state index is -0.631. The van der Waals surface area contributed by atoms with E-state index in [0.29, 0.717) is 37.6 Å². The van der Waals surface area contributed by atoms with Crippen molar-refractivity contribution in [2.45, 2.75) is 63.3 Å². The van der Waals surface area contributed by atoms with Crippen LogP contribution in [0.1, 0.15) is 62.7 Å². The van der Waals surface area contributed by atoms with E-state index < -0.39 is 5.54 Å². The lowest BCUT2D eigenvalue weighted by Gasteiger charge is -2.35. The van der Waals surface area contributed by atoms with Crippen LogP contribution in [0.3, 0.4) is 0 Å². The van der Waals surface area contributed by atoms with Gasteiger partial charge in [0.25, 0.3) is 0 Å². The molecule has 1 aliphatic carbocycles. The summed E-state index contributed by atoms with van der Waals surface area (Å²) in [7, 11) is 0. The number of nitrogens with one attached hydrogen (secondary N) is 2. The summed E-state index contributed by atoms with van der Waals surface area (Å²) >= 11 is 0. The maximum Gasteiger partial charge on any atom is 0.321 e. The van der Waals surface area contributed by atoms with Crippen LogP contribution in [0.4, 0.5) is 10.6 Å². The van der Waals surface area contributed by atoms with Crippen molar-refractivity contribution in [3.63, 3.8) is 0 Å². The lowest BCUT2D eigenvalue weighted by molar-refractivity contribution is 0.0307. The molecule has 0 bridgehead atoms. The summed E-state index contributed by atoms with van der Waals surface area (Å²) in [6, 6.07) is 3.35. The average Bonchev–Trinajstić information content (AvgIpc) is 3.38. The van der Waals surface area contributed by atoms with Crippen molar-refractivity contribution in [3.8, 4) is 0 Å². The Morgan fingerprint density at radius 1 is 1.04 bits per heavy atom. The molecule has 146 valence electrons. The fourth-order valence-corrected chi connectivity index (χ4v) is 4.13. The average molecular weight is 374 g/mol. The molecule has 2 aliphatic rings. The Bertz CT molecular complexity index is 800. The van der Waals surface area contributed by atoms with Gasteiger partial charge in [0.05, 0.1) is 5.69 Å². The Morgan fingerprint density at radius 3 is 2.41 bits per heavy atom. The topological polar surface area (TPSA) is 102 Å². The Hall–Kier alpha value is -2.35. The number of nitrogens with zero attached hydrogens (tertiary/aromatic N) is 2. The van der Waals surface area contributed by atoms with Crippen LogP contribution in [-0.4, -0.2) is 29.6 Å². The predicted octanol–water partition coefficient (Wildman–Crippen LogP) is 3.63. The van der Waals surface area contributed by atoms with Crippen LogP contribution in [0.2, 0.25) is 0 Å². The molecule has 0 unspecified atom stereocenters. The second kappa shape index (κ2) is 6.99. The van der Waals surface area contributed by atoms with E-state index in [-0.39, 0.29) is 11.4 Å². The molecule has 1 aliphatic heterocycles. The number of rotatable bonds is 4. The predicted molar refractivity (Wildman–Crippen MR) is 97.4 cm³/mol. The van der Waals surface area contributed by atoms with Gasteiger partial charge >= 0.3 is 6.03 Å². The summed E-state index contributed by atoms with van der Waals surface area (Å²) in [5.74, 6) is 1.91. The van der Waals surface area contributed by atoms with Crippen molar-refractivity contribution in [1.29, 1.82) is 0 Å². The molecule has 27 heavy (non-hydrogen) atoms. The summed E-state index contributed by atoms with van der Waals surface area (Å²) in [6.45, 7) is 5.15. The van der Waals surface area contributed by atoms with E-state index in [0.717, 1.165) is 24.3 Å². The van der Waals surface area contributed by atoms with Gasteiger partial charge in [-0.05, 0) is 19.8 Å². The lowest BCUT2D eigenvalue weighted by atomic mass is 9.86. The van der Waals surface area contributed by atoms with Gasteiger partial charge in [-0.1, -0.05) is 30.1 Å². The normalized spacial score (nSPS) is 21.1. The van der Waals surface area contributed by atoms with Gasteiger partial charge in [-0.15, -0.1) is 0 Å². The standard InChI is InChI=1S/C19H26N4O4/c1-13-11-15(27-22-13)19(7-9-25-10-8-19)21-17(24)20-16-12-14(26-23-16)18(2)5-3-4-6-18/h11-12H,3-10H2,1-2H3,(H2,20,21,23,24). The SMILES string of the molecule is Cc1cc(C2(NC(=O)Nc3cc(C4(C)CCCC4)on3)CCOCC2)on1. The monoisotopic (exact) mass is 374 g/mol. The number of aromatic nitrogens is 2. The first kappa shape index (κ1) is 18.0. The van der Waals surface area contributed by atoms with Crippen molar-refractivity contribution >= 4 is 11.8 Å². The van der Waals surface area contributed by atoms with E-state index in [2.05, 4.69) is 27.9 Å². The molecule has 2 fully saturated rings. The smallest absolute Gasteiger partial charge is 0.321 e. The minimum absolute atomic E-state index is 0.0166. The molecule has 1 saturated carbocycles. The number of hydrogen-bond acceptors (Lipinski definition) is 6. The van der Waals surface area contributed by atoms with Crippen molar-refractivity contribution in [3.05, 3.63) is 29.3 Å². The molecule has 1 saturated heterocycles. The first-order valence-electron chi connectivity index (χ1n) is 9.57. The molecule has 2 aromatic heterocycles. The van der Waals surface area contributed by atoms with Gasteiger partial charge in [0.2, 0.25) is 0 Å². The van der Waals surface area contributed by atoms with Crippen LogP contribution in [0.25, 0.3) is 0 Å². The quantitative estimate of drug-likeness (QED) is 0.847. The molecule has 8 nitrogen and oxygen atoms in total. The van der Waals surface area contributed by atoms with Crippen molar-refractivity contribution in [2.24, 2.45) is 0 Å². The van der Waals surface area contributed by atoms with Gasteiger partial charge in [0, 0.05) is 43.6 Å². The van der Waals surface area contributed by atoms with E-state index in [1.54, 1.807) is 0 Å². The van der Waals surface area contributed by atoms with Crippen LogP contribution in [0.5, 0.6) is 0 Å².